The van der Waals surface area contributed by atoms with Crippen molar-refractivity contribution in [2.75, 3.05) is 19.0 Å². The normalized spacial score (nSPS) is 15.9. The van der Waals surface area contributed by atoms with Crippen LogP contribution < -0.4 is 0 Å². The van der Waals surface area contributed by atoms with Crippen LogP contribution >= 0.6 is 11.8 Å². The van der Waals surface area contributed by atoms with Crippen molar-refractivity contribution in [2.24, 2.45) is 0 Å². The quantitative estimate of drug-likeness (QED) is 0.637. The average molecular weight is 203 g/mol. The van der Waals surface area contributed by atoms with Crippen LogP contribution in [0.2, 0.25) is 0 Å². The Morgan fingerprint density at radius 2 is 2.00 bits per heavy atom. The lowest BCUT2D eigenvalue weighted by Gasteiger charge is -2.14. The Balaban J connectivity index is 2.13. The van der Waals surface area contributed by atoms with Gasteiger partial charge in [0.05, 0.1) is 0 Å². The van der Waals surface area contributed by atoms with E-state index in [1.165, 1.54) is 6.92 Å². The zero-order chi connectivity index (χ0) is 9.68. The topological polar surface area (TPSA) is 46.6 Å². The molecule has 0 saturated carbocycles. The van der Waals surface area contributed by atoms with Crippen LogP contribution in [0.15, 0.2) is 0 Å². The Morgan fingerprint density at radius 3 is 2.54 bits per heavy atom. The maximum atomic E-state index is 11.2. The number of ether oxygens (including phenoxy) is 1. The van der Waals surface area contributed by atoms with Crippen LogP contribution in [0.25, 0.3) is 0 Å². The SMILES string of the molecule is CC(=O)SCOC(=O)N1CCCC1. The smallest absolute Gasteiger partial charge is 0.410 e. The molecule has 0 aromatic rings. The first-order valence-electron chi connectivity index (χ1n) is 4.25. The number of hydrogen-bond donors (Lipinski definition) is 0. The van der Waals surface area contributed by atoms with Gasteiger partial charge in [0.15, 0.2) is 5.12 Å². The molecule has 0 radical (unpaired) electrons. The molecule has 1 aliphatic rings. The Kier molecular flexibility index (Phi) is 4.08. The number of carbonyl (C=O) groups excluding carboxylic acids is 2. The second-order valence-corrected chi connectivity index (χ2v) is 3.96. The van der Waals surface area contributed by atoms with Gasteiger partial charge in [0.1, 0.15) is 5.94 Å². The first kappa shape index (κ1) is 10.4. The zero-order valence-electron chi connectivity index (χ0n) is 7.62. The third kappa shape index (κ3) is 3.67. The highest BCUT2D eigenvalue weighted by Gasteiger charge is 2.18. The van der Waals surface area contributed by atoms with Crippen LogP contribution in [0.3, 0.4) is 0 Å². The van der Waals surface area contributed by atoms with Crippen molar-refractivity contribution in [3.8, 4) is 0 Å². The molecule has 0 aliphatic carbocycles. The first-order valence-corrected chi connectivity index (χ1v) is 5.24. The molecular formula is C8H13NO3S. The van der Waals surface area contributed by atoms with E-state index in [4.69, 9.17) is 4.74 Å². The molecule has 0 aromatic heterocycles. The molecule has 1 rings (SSSR count). The van der Waals surface area contributed by atoms with E-state index < -0.39 is 0 Å². The maximum Gasteiger partial charge on any atom is 0.410 e. The molecule has 0 bridgehead atoms. The van der Waals surface area contributed by atoms with Crippen molar-refractivity contribution in [2.45, 2.75) is 19.8 Å². The Hall–Kier alpha value is -0.710. The molecule has 0 unspecified atom stereocenters. The maximum absolute atomic E-state index is 11.2. The molecule has 4 nitrogen and oxygen atoms in total. The molecule has 1 fully saturated rings. The summed E-state index contributed by atoms with van der Waals surface area (Å²) < 4.78 is 4.87. The van der Waals surface area contributed by atoms with Crippen LogP contribution in [0, 0.1) is 0 Å². The van der Waals surface area contributed by atoms with Crippen LogP contribution in [-0.2, 0) is 9.53 Å². The van der Waals surface area contributed by atoms with E-state index in [0.717, 1.165) is 37.7 Å². The van der Waals surface area contributed by atoms with E-state index in [9.17, 15) is 9.59 Å². The fourth-order valence-corrected chi connectivity index (χ4v) is 1.48. The highest BCUT2D eigenvalue weighted by Crippen LogP contribution is 2.10. The number of nitrogens with zero attached hydrogens (tertiary/aromatic N) is 1. The summed E-state index contributed by atoms with van der Waals surface area (Å²) in [6.45, 7) is 3.02. The second kappa shape index (κ2) is 5.11. The summed E-state index contributed by atoms with van der Waals surface area (Å²) in [5.74, 6) is 0.130. The number of hydrogen-bond acceptors (Lipinski definition) is 4. The molecule has 1 amide bonds. The number of rotatable bonds is 2. The molecule has 13 heavy (non-hydrogen) atoms. The fraction of sp³-hybridized carbons (Fsp3) is 0.750. The summed E-state index contributed by atoms with van der Waals surface area (Å²) in [6, 6.07) is 0. The van der Waals surface area contributed by atoms with E-state index >= 15 is 0 Å². The largest absolute Gasteiger partial charge is 0.438 e. The monoisotopic (exact) mass is 203 g/mol. The standard InChI is InChI=1S/C8H13NO3S/c1-7(10)13-6-12-8(11)9-4-2-3-5-9/h2-6H2,1H3. The van der Waals surface area contributed by atoms with E-state index in [-0.39, 0.29) is 17.1 Å². The third-order valence-electron chi connectivity index (χ3n) is 1.81. The van der Waals surface area contributed by atoms with Gasteiger partial charge in [-0.1, -0.05) is 0 Å². The molecule has 0 spiro atoms. The third-order valence-corrected chi connectivity index (χ3v) is 2.45. The predicted octanol–water partition coefficient (Wildman–Crippen LogP) is 1.46. The van der Waals surface area contributed by atoms with Crippen LogP contribution in [0.1, 0.15) is 19.8 Å². The van der Waals surface area contributed by atoms with Gasteiger partial charge in [-0.2, -0.15) is 0 Å². The predicted molar refractivity (Wildman–Crippen MR) is 50.4 cm³/mol. The summed E-state index contributed by atoms with van der Waals surface area (Å²) in [6.07, 6.45) is 1.80. The van der Waals surface area contributed by atoms with E-state index in [1.54, 1.807) is 4.90 Å². The molecule has 5 heteroatoms. The van der Waals surface area contributed by atoms with Gasteiger partial charge in [-0.25, -0.2) is 4.79 Å². The van der Waals surface area contributed by atoms with Crippen LogP contribution in [-0.4, -0.2) is 35.1 Å². The summed E-state index contributed by atoms with van der Waals surface area (Å²) >= 11 is 1.01. The summed E-state index contributed by atoms with van der Waals surface area (Å²) in [5.41, 5.74) is 0. The Morgan fingerprint density at radius 1 is 1.38 bits per heavy atom. The molecular weight excluding hydrogens is 190 g/mol. The minimum Gasteiger partial charge on any atom is -0.438 e. The highest BCUT2D eigenvalue weighted by molar-refractivity contribution is 8.13. The van der Waals surface area contributed by atoms with Gasteiger partial charge < -0.3 is 9.64 Å². The van der Waals surface area contributed by atoms with Crippen molar-refractivity contribution in [3.05, 3.63) is 0 Å². The molecule has 74 valence electrons. The van der Waals surface area contributed by atoms with E-state index in [1.807, 2.05) is 0 Å². The summed E-state index contributed by atoms with van der Waals surface area (Å²) in [5, 5.41) is -0.0331. The van der Waals surface area contributed by atoms with E-state index in [2.05, 4.69) is 0 Å². The molecule has 1 saturated heterocycles. The first-order chi connectivity index (χ1) is 6.20. The van der Waals surface area contributed by atoms with Gasteiger partial charge in [0.2, 0.25) is 0 Å². The van der Waals surface area contributed by atoms with E-state index in [0.29, 0.717) is 0 Å². The summed E-state index contributed by atoms with van der Waals surface area (Å²) in [7, 11) is 0. The second-order valence-electron chi connectivity index (χ2n) is 2.86. The lowest BCUT2D eigenvalue weighted by Crippen LogP contribution is -2.28. The molecule has 0 N–H and O–H groups in total. The average Bonchev–Trinajstić information content (AvgIpc) is 2.55. The number of thioether (sulfide) groups is 1. The zero-order valence-corrected chi connectivity index (χ0v) is 8.43. The summed E-state index contributed by atoms with van der Waals surface area (Å²) in [4.78, 5) is 23.4. The minimum atomic E-state index is -0.300. The lowest BCUT2D eigenvalue weighted by atomic mass is 10.4. The van der Waals surface area contributed by atoms with Gasteiger partial charge in [0, 0.05) is 20.0 Å². The molecule has 1 heterocycles. The Bertz CT molecular complexity index is 202. The van der Waals surface area contributed by atoms with Gasteiger partial charge in [-0.05, 0) is 24.6 Å². The van der Waals surface area contributed by atoms with Crippen molar-refractivity contribution < 1.29 is 14.3 Å². The van der Waals surface area contributed by atoms with Crippen molar-refractivity contribution in [1.29, 1.82) is 0 Å². The van der Waals surface area contributed by atoms with Crippen LogP contribution in [0.5, 0.6) is 0 Å². The molecule has 1 aliphatic heterocycles. The number of carbonyl (C=O) groups is 2. The van der Waals surface area contributed by atoms with Crippen LogP contribution in [0.4, 0.5) is 4.79 Å². The highest BCUT2D eigenvalue weighted by atomic mass is 32.2. The number of likely N-dealkylation sites (tertiary alicyclic amines) is 1. The van der Waals surface area contributed by atoms with Gasteiger partial charge >= 0.3 is 6.09 Å². The molecule has 0 aromatic carbocycles. The fourth-order valence-electron chi connectivity index (χ4n) is 1.15. The van der Waals surface area contributed by atoms with Gasteiger partial charge in [-0.15, -0.1) is 0 Å². The van der Waals surface area contributed by atoms with Crippen molar-refractivity contribution in [1.82, 2.24) is 4.90 Å². The van der Waals surface area contributed by atoms with Crippen molar-refractivity contribution >= 4 is 23.0 Å². The van der Waals surface area contributed by atoms with Gasteiger partial charge in [-0.3, -0.25) is 4.79 Å². The minimum absolute atomic E-state index is 0.0331. The number of amides is 1. The molecule has 0 atom stereocenters. The van der Waals surface area contributed by atoms with Crippen molar-refractivity contribution in [3.63, 3.8) is 0 Å². The lowest BCUT2D eigenvalue weighted by molar-refractivity contribution is -0.109. The Labute approximate surface area is 81.6 Å². The van der Waals surface area contributed by atoms with Gasteiger partial charge in [0.25, 0.3) is 0 Å².